The number of fused-ring (bicyclic) bond motifs is 2. The number of aryl methyl sites for hydroxylation is 1. The van der Waals surface area contributed by atoms with Crippen LogP contribution < -0.4 is 5.73 Å². The summed E-state index contributed by atoms with van der Waals surface area (Å²) in [5, 5.41) is 3.05. The first-order chi connectivity index (χ1) is 9.72. The minimum atomic E-state index is 0.555. The molecule has 0 saturated heterocycles. The van der Waals surface area contributed by atoms with Crippen LogP contribution in [0.15, 0.2) is 35.7 Å². The molecular weight excluding hydrogens is 286 g/mol. The summed E-state index contributed by atoms with van der Waals surface area (Å²) in [4.78, 5) is 10.2. The molecule has 0 atom stereocenters. The lowest BCUT2D eigenvalue weighted by Gasteiger charge is -2.06. The van der Waals surface area contributed by atoms with Gasteiger partial charge in [0.05, 0.1) is 10.4 Å². The predicted molar refractivity (Wildman–Crippen MR) is 87.4 cm³/mol. The highest BCUT2D eigenvalue weighted by Gasteiger charge is 2.12. The number of nitrogens with two attached hydrogens (primary N) is 1. The van der Waals surface area contributed by atoms with Gasteiger partial charge in [-0.2, -0.15) is 0 Å². The largest absolute Gasteiger partial charge is 0.383 e. The van der Waals surface area contributed by atoms with Gasteiger partial charge >= 0.3 is 0 Å². The first kappa shape index (κ1) is 11.8. The van der Waals surface area contributed by atoms with Gasteiger partial charge in [0.15, 0.2) is 5.82 Å². The molecule has 0 bridgehead atoms. The Labute approximate surface area is 123 Å². The van der Waals surface area contributed by atoms with Crippen LogP contribution in [-0.2, 0) is 0 Å². The van der Waals surface area contributed by atoms with Crippen molar-refractivity contribution >= 4 is 48.8 Å². The van der Waals surface area contributed by atoms with Gasteiger partial charge in [0, 0.05) is 14.8 Å². The van der Waals surface area contributed by atoms with Gasteiger partial charge in [0.1, 0.15) is 5.82 Å². The highest BCUT2D eigenvalue weighted by atomic mass is 32.1. The summed E-state index contributed by atoms with van der Waals surface area (Å²) < 4.78 is 2.55. The molecule has 98 valence electrons. The van der Waals surface area contributed by atoms with E-state index in [1.807, 2.05) is 25.1 Å². The normalized spacial score (nSPS) is 11.4. The van der Waals surface area contributed by atoms with E-state index in [0.29, 0.717) is 11.6 Å². The Morgan fingerprint density at radius 3 is 2.85 bits per heavy atom. The van der Waals surface area contributed by atoms with Crippen molar-refractivity contribution in [2.75, 3.05) is 5.73 Å². The topological polar surface area (TPSA) is 51.8 Å². The van der Waals surface area contributed by atoms with Crippen molar-refractivity contribution in [1.82, 2.24) is 9.97 Å². The predicted octanol–water partition coefficient (Wildman–Crippen LogP) is 4.46. The van der Waals surface area contributed by atoms with Gasteiger partial charge in [-0.25, -0.2) is 9.97 Å². The quantitative estimate of drug-likeness (QED) is 0.564. The van der Waals surface area contributed by atoms with Crippen LogP contribution in [-0.4, -0.2) is 9.97 Å². The molecule has 0 radical (unpaired) electrons. The van der Waals surface area contributed by atoms with Gasteiger partial charge in [-0.1, -0.05) is 12.1 Å². The molecule has 0 fully saturated rings. The number of hydrogen-bond donors (Lipinski definition) is 1. The zero-order valence-electron chi connectivity index (χ0n) is 10.8. The lowest BCUT2D eigenvalue weighted by Crippen LogP contribution is -1.98. The van der Waals surface area contributed by atoms with E-state index in [-0.39, 0.29) is 0 Å². The number of hydrogen-bond acceptors (Lipinski definition) is 5. The third kappa shape index (κ3) is 1.71. The van der Waals surface area contributed by atoms with Gasteiger partial charge < -0.3 is 5.73 Å². The maximum atomic E-state index is 6.12. The summed E-state index contributed by atoms with van der Waals surface area (Å²) >= 11 is 3.45. The van der Waals surface area contributed by atoms with Gasteiger partial charge in [-0.05, 0) is 36.1 Å². The zero-order chi connectivity index (χ0) is 13.7. The second-order valence-electron chi connectivity index (χ2n) is 4.66. The summed E-state index contributed by atoms with van der Waals surface area (Å²) in [6, 6.07) is 10.3. The van der Waals surface area contributed by atoms with Crippen LogP contribution in [0.25, 0.3) is 31.0 Å². The van der Waals surface area contributed by atoms with Crippen molar-refractivity contribution in [3.8, 4) is 10.7 Å². The number of nitrogens with zero attached hydrogens (tertiary/aromatic N) is 2. The van der Waals surface area contributed by atoms with E-state index in [1.54, 1.807) is 22.7 Å². The lowest BCUT2D eigenvalue weighted by molar-refractivity contribution is 1.24. The fourth-order valence-electron chi connectivity index (χ4n) is 2.37. The second-order valence-corrected chi connectivity index (χ2v) is 6.69. The van der Waals surface area contributed by atoms with E-state index in [2.05, 4.69) is 27.5 Å². The van der Waals surface area contributed by atoms with Crippen molar-refractivity contribution in [2.45, 2.75) is 6.92 Å². The lowest BCUT2D eigenvalue weighted by atomic mass is 10.1. The average Bonchev–Trinajstić information content (AvgIpc) is 2.98. The molecule has 0 spiro atoms. The number of aromatic nitrogens is 2. The van der Waals surface area contributed by atoms with Crippen LogP contribution in [0.1, 0.15) is 5.56 Å². The Bertz CT molecular complexity index is 908. The zero-order valence-corrected chi connectivity index (χ0v) is 12.4. The van der Waals surface area contributed by atoms with Gasteiger partial charge in [0.2, 0.25) is 0 Å². The number of rotatable bonds is 1. The minimum absolute atomic E-state index is 0.555. The Morgan fingerprint density at radius 2 is 2.00 bits per heavy atom. The molecule has 2 N–H and O–H groups in total. The first-order valence-electron chi connectivity index (χ1n) is 6.22. The maximum Gasteiger partial charge on any atom is 0.172 e. The van der Waals surface area contributed by atoms with Crippen LogP contribution in [0.5, 0.6) is 0 Å². The van der Waals surface area contributed by atoms with Crippen molar-refractivity contribution in [1.29, 1.82) is 0 Å². The summed E-state index contributed by atoms with van der Waals surface area (Å²) in [5.74, 6) is 1.27. The van der Waals surface area contributed by atoms with Crippen LogP contribution in [0.3, 0.4) is 0 Å². The van der Waals surface area contributed by atoms with Crippen molar-refractivity contribution in [3.63, 3.8) is 0 Å². The molecule has 3 heterocycles. The fraction of sp³-hybridized carbons (Fsp3) is 0.0667. The molecule has 0 unspecified atom stereocenters. The van der Waals surface area contributed by atoms with Crippen molar-refractivity contribution in [2.24, 2.45) is 0 Å². The third-order valence-corrected chi connectivity index (χ3v) is 5.41. The van der Waals surface area contributed by atoms with E-state index < -0.39 is 0 Å². The Kier molecular flexibility index (Phi) is 2.52. The highest BCUT2D eigenvalue weighted by molar-refractivity contribution is 7.28. The molecule has 20 heavy (non-hydrogen) atoms. The molecule has 5 heteroatoms. The molecule has 0 saturated carbocycles. The first-order valence-corrected chi connectivity index (χ1v) is 7.92. The molecular formula is C15H11N3S2. The Morgan fingerprint density at radius 1 is 1.10 bits per heavy atom. The maximum absolute atomic E-state index is 6.12. The molecule has 3 nitrogen and oxygen atoms in total. The van der Waals surface area contributed by atoms with Crippen LogP contribution >= 0.6 is 22.7 Å². The Hall–Kier alpha value is -1.98. The van der Waals surface area contributed by atoms with Crippen molar-refractivity contribution < 1.29 is 0 Å². The molecule has 0 aliphatic rings. The van der Waals surface area contributed by atoms with E-state index >= 15 is 0 Å². The standard InChI is InChI=1S/C15H11N3S2/c1-8-3-2-4-9-13(8)14(16)18-15(17-9)12-7-11-10(20-12)5-6-19-11/h2-7H,1H3,(H2,16,17,18). The van der Waals surface area contributed by atoms with E-state index in [0.717, 1.165) is 21.3 Å². The fourth-order valence-corrected chi connectivity index (χ4v) is 4.42. The number of nitrogen functional groups attached to an aromatic ring is 1. The summed E-state index contributed by atoms with van der Waals surface area (Å²) in [6.07, 6.45) is 0. The molecule has 0 aliphatic carbocycles. The molecule has 0 amide bonds. The van der Waals surface area contributed by atoms with Gasteiger partial charge in [0.25, 0.3) is 0 Å². The molecule has 3 aromatic heterocycles. The average molecular weight is 297 g/mol. The van der Waals surface area contributed by atoms with E-state index in [4.69, 9.17) is 5.73 Å². The smallest absolute Gasteiger partial charge is 0.172 e. The Balaban J connectivity index is 1.98. The summed E-state index contributed by atoms with van der Waals surface area (Å²) in [5.41, 5.74) is 8.14. The third-order valence-electron chi connectivity index (χ3n) is 3.32. The highest BCUT2D eigenvalue weighted by Crippen LogP contribution is 2.36. The minimum Gasteiger partial charge on any atom is -0.383 e. The van der Waals surface area contributed by atoms with Crippen LogP contribution in [0.4, 0.5) is 5.82 Å². The second kappa shape index (κ2) is 4.26. The molecule has 0 aliphatic heterocycles. The number of benzene rings is 1. The van der Waals surface area contributed by atoms with Gasteiger partial charge in [-0.3, -0.25) is 0 Å². The SMILES string of the molecule is Cc1cccc2nc(-c3cc4sccc4s3)nc(N)c12. The van der Waals surface area contributed by atoms with Crippen LogP contribution in [0.2, 0.25) is 0 Å². The summed E-state index contributed by atoms with van der Waals surface area (Å²) in [6.45, 7) is 2.03. The monoisotopic (exact) mass is 297 g/mol. The van der Waals surface area contributed by atoms with E-state index in [9.17, 15) is 0 Å². The van der Waals surface area contributed by atoms with Crippen LogP contribution in [0, 0.1) is 6.92 Å². The van der Waals surface area contributed by atoms with Gasteiger partial charge in [-0.15, -0.1) is 22.7 Å². The molecule has 4 rings (SSSR count). The van der Waals surface area contributed by atoms with E-state index in [1.165, 1.54) is 9.40 Å². The molecule has 4 aromatic rings. The number of thiophene rings is 2. The molecule has 1 aromatic carbocycles. The summed E-state index contributed by atoms with van der Waals surface area (Å²) in [7, 11) is 0. The number of anilines is 1. The van der Waals surface area contributed by atoms with Crippen molar-refractivity contribution in [3.05, 3.63) is 41.3 Å².